The number of sulfonamides is 1. The molecule has 2 aromatic rings. The number of ether oxygens (including phenoxy) is 2. The number of carbonyl (C=O) groups excluding carboxylic acids is 2. The van der Waals surface area contributed by atoms with Gasteiger partial charge in [-0.3, -0.25) is 4.79 Å². The number of nitrogens with zero attached hydrogens (tertiary/aromatic N) is 1. The molecule has 9 heteroatoms. The molecule has 144 valence electrons. The highest BCUT2D eigenvalue weighted by molar-refractivity contribution is 7.89. The Hall–Kier alpha value is -2.91. The van der Waals surface area contributed by atoms with Gasteiger partial charge in [0.25, 0.3) is 5.91 Å². The fourth-order valence-corrected chi connectivity index (χ4v) is 2.97. The van der Waals surface area contributed by atoms with Gasteiger partial charge in [0, 0.05) is 19.8 Å². The maximum absolute atomic E-state index is 12.0. The number of rotatable bonds is 7. The fourth-order valence-electron chi connectivity index (χ4n) is 2.07. The van der Waals surface area contributed by atoms with E-state index in [1.165, 1.54) is 57.6 Å². The molecule has 0 heterocycles. The van der Waals surface area contributed by atoms with Gasteiger partial charge >= 0.3 is 5.97 Å². The average Bonchev–Trinajstić information content (AvgIpc) is 2.66. The molecule has 0 fully saturated rings. The van der Waals surface area contributed by atoms with Gasteiger partial charge in [0.15, 0.2) is 6.61 Å². The van der Waals surface area contributed by atoms with E-state index in [-0.39, 0.29) is 11.5 Å². The zero-order chi connectivity index (χ0) is 20.0. The second kappa shape index (κ2) is 8.65. The molecule has 2 rings (SSSR count). The molecule has 1 N–H and O–H groups in total. The largest absolute Gasteiger partial charge is 0.484 e. The minimum absolute atomic E-state index is 0.132. The van der Waals surface area contributed by atoms with E-state index in [2.05, 4.69) is 10.1 Å². The van der Waals surface area contributed by atoms with Gasteiger partial charge in [-0.1, -0.05) is 0 Å². The first-order valence-corrected chi connectivity index (χ1v) is 9.31. The Morgan fingerprint density at radius 3 is 2.11 bits per heavy atom. The topological polar surface area (TPSA) is 102 Å². The van der Waals surface area contributed by atoms with E-state index in [9.17, 15) is 18.0 Å². The molecule has 0 aliphatic carbocycles. The van der Waals surface area contributed by atoms with Gasteiger partial charge in [-0.2, -0.15) is 0 Å². The number of hydrogen-bond donors (Lipinski definition) is 1. The van der Waals surface area contributed by atoms with E-state index in [1.807, 2.05) is 0 Å². The van der Waals surface area contributed by atoms with E-state index >= 15 is 0 Å². The summed E-state index contributed by atoms with van der Waals surface area (Å²) in [4.78, 5) is 23.4. The van der Waals surface area contributed by atoms with Crippen LogP contribution in [0, 0.1) is 0 Å². The fraction of sp³-hybridized carbons (Fsp3) is 0.222. The van der Waals surface area contributed by atoms with Crippen LogP contribution < -0.4 is 10.1 Å². The predicted molar refractivity (Wildman–Crippen MR) is 99.2 cm³/mol. The van der Waals surface area contributed by atoms with Gasteiger partial charge in [-0.15, -0.1) is 0 Å². The molecular weight excluding hydrogens is 372 g/mol. The highest BCUT2D eigenvalue weighted by atomic mass is 32.2. The van der Waals surface area contributed by atoms with Crippen LogP contribution in [0.4, 0.5) is 5.69 Å². The lowest BCUT2D eigenvalue weighted by molar-refractivity contribution is -0.118. The first-order chi connectivity index (χ1) is 12.7. The molecule has 2 aromatic carbocycles. The van der Waals surface area contributed by atoms with Crippen molar-refractivity contribution < 1.29 is 27.5 Å². The maximum Gasteiger partial charge on any atom is 0.337 e. The van der Waals surface area contributed by atoms with Crippen molar-refractivity contribution in [1.29, 1.82) is 0 Å². The lowest BCUT2D eigenvalue weighted by Crippen LogP contribution is -2.22. The Kier molecular flexibility index (Phi) is 6.54. The van der Waals surface area contributed by atoms with Crippen LogP contribution >= 0.6 is 0 Å². The summed E-state index contributed by atoms with van der Waals surface area (Å²) in [5.74, 6) is -0.445. The quantitative estimate of drug-likeness (QED) is 0.720. The molecule has 8 nitrogen and oxygen atoms in total. The molecule has 0 aliphatic rings. The Bertz CT molecular complexity index is 906. The molecule has 0 spiro atoms. The number of methoxy groups -OCH3 is 1. The van der Waals surface area contributed by atoms with E-state index < -0.39 is 21.9 Å². The SMILES string of the molecule is COC(=O)c1ccc(OCC(=O)Nc2ccc(S(=O)(=O)N(C)C)cc2)cc1. The summed E-state index contributed by atoms with van der Waals surface area (Å²) < 4.78 is 35.1. The summed E-state index contributed by atoms with van der Waals surface area (Å²) in [6.45, 7) is -0.241. The molecule has 0 radical (unpaired) electrons. The third kappa shape index (κ3) is 5.28. The third-order valence-corrected chi connectivity index (χ3v) is 5.39. The van der Waals surface area contributed by atoms with Crippen molar-refractivity contribution in [1.82, 2.24) is 4.31 Å². The number of hydrogen-bond acceptors (Lipinski definition) is 6. The van der Waals surface area contributed by atoms with Gasteiger partial charge in [-0.05, 0) is 48.5 Å². The summed E-state index contributed by atoms with van der Waals surface area (Å²) >= 11 is 0. The molecule has 0 saturated heterocycles. The highest BCUT2D eigenvalue weighted by Crippen LogP contribution is 2.17. The van der Waals surface area contributed by atoms with Crippen LogP contribution in [0.3, 0.4) is 0 Å². The molecule has 1 amide bonds. The van der Waals surface area contributed by atoms with Crippen molar-refractivity contribution in [3.63, 3.8) is 0 Å². The van der Waals surface area contributed by atoms with Crippen LogP contribution in [0.1, 0.15) is 10.4 Å². The Morgan fingerprint density at radius 1 is 1.00 bits per heavy atom. The lowest BCUT2D eigenvalue weighted by Gasteiger charge is -2.12. The van der Waals surface area contributed by atoms with E-state index in [0.29, 0.717) is 17.0 Å². The number of carbonyl (C=O) groups is 2. The van der Waals surface area contributed by atoms with E-state index in [0.717, 1.165) is 4.31 Å². The second-order valence-corrected chi connectivity index (χ2v) is 7.82. The zero-order valence-electron chi connectivity index (χ0n) is 15.1. The molecule has 0 saturated carbocycles. The number of anilines is 1. The van der Waals surface area contributed by atoms with Gasteiger partial charge < -0.3 is 14.8 Å². The highest BCUT2D eigenvalue weighted by Gasteiger charge is 2.16. The lowest BCUT2D eigenvalue weighted by atomic mass is 10.2. The summed E-state index contributed by atoms with van der Waals surface area (Å²) in [5, 5.41) is 2.61. The van der Waals surface area contributed by atoms with E-state index in [1.54, 1.807) is 12.1 Å². The first-order valence-electron chi connectivity index (χ1n) is 7.87. The summed E-state index contributed by atoms with van der Waals surface area (Å²) in [6.07, 6.45) is 0. The molecule has 0 aromatic heterocycles. The molecule has 0 aliphatic heterocycles. The molecule has 0 bridgehead atoms. The van der Waals surface area contributed by atoms with Crippen LogP contribution in [0.15, 0.2) is 53.4 Å². The van der Waals surface area contributed by atoms with Gasteiger partial charge in [0.2, 0.25) is 10.0 Å². The zero-order valence-corrected chi connectivity index (χ0v) is 15.9. The van der Waals surface area contributed by atoms with Crippen LogP contribution in [0.25, 0.3) is 0 Å². The predicted octanol–water partition coefficient (Wildman–Crippen LogP) is 1.74. The van der Waals surface area contributed by atoms with Crippen LogP contribution in [-0.4, -0.2) is 52.4 Å². The molecule has 27 heavy (non-hydrogen) atoms. The standard InChI is InChI=1S/C18H20N2O6S/c1-20(2)27(23,24)16-10-6-14(7-11-16)19-17(21)12-26-15-8-4-13(5-9-15)18(22)25-3/h4-11H,12H2,1-3H3,(H,19,21). The first kappa shape index (κ1) is 20.4. The third-order valence-electron chi connectivity index (χ3n) is 3.56. The van der Waals surface area contributed by atoms with Gasteiger partial charge in [0.1, 0.15) is 5.75 Å². The monoisotopic (exact) mass is 392 g/mol. The number of amides is 1. The number of nitrogens with one attached hydrogen (secondary N) is 1. The smallest absolute Gasteiger partial charge is 0.337 e. The summed E-state index contributed by atoms with van der Waals surface area (Å²) in [5.41, 5.74) is 0.824. The van der Waals surface area contributed by atoms with Crippen molar-refractivity contribution in [3.05, 3.63) is 54.1 Å². The Morgan fingerprint density at radius 2 is 1.59 bits per heavy atom. The molecule has 0 unspecified atom stereocenters. The summed E-state index contributed by atoms with van der Waals surface area (Å²) in [6, 6.07) is 12.0. The van der Waals surface area contributed by atoms with Crippen LogP contribution in [0.2, 0.25) is 0 Å². The van der Waals surface area contributed by atoms with Crippen molar-refractivity contribution in [3.8, 4) is 5.75 Å². The Balaban J connectivity index is 1.91. The second-order valence-electron chi connectivity index (χ2n) is 5.66. The number of benzene rings is 2. The molecular formula is C18H20N2O6S. The Labute approximate surface area is 157 Å². The van der Waals surface area contributed by atoms with Crippen molar-refractivity contribution in [2.45, 2.75) is 4.90 Å². The van der Waals surface area contributed by atoms with Crippen molar-refractivity contribution in [2.75, 3.05) is 33.1 Å². The molecule has 0 atom stereocenters. The minimum Gasteiger partial charge on any atom is -0.484 e. The van der Waals surface area contributed by atoms with Gasteiger partial charge in [-0.25, -0.2) is 17.5 Å². The van der Waals surface area contributed by atoms with Crippen molar-refractivity contribution in [2.24, 2.45) is 0 Å². The maximum atomic E-state index is 12.0. The average molecular weight is 392 g/mol. The van der Waals surface area contributed by atoms with Crippen LogP contribution in [-0.2, 0) is 19.6 Å². The van der Waals surface area contributed by atoms with Crippen molar-refractivity contribution >= 4 is 27.6 Å². The van der Waals surface area contributed by atoms with Gasteiger partial charge in [0.05, 0.1) is 17.6 Å². The normalized spacial score (nSPS) is 11.1. The number of esters is 1. The van der Waals surface area contributed by atoms with Crippen LogP contribution in [0.5, 0.6) is 5.75 Å². The summed E-state index contributed by atoms with van der Waals surface area (Å²) in [7, 11) is 0.663. The minimum atomic E-state index is -3.52. The van der Waals surface area contributed by atoms with E-state index in [4.69, 9.17) is 4.74 Å².